The summed E-state index contributed by atoms with van der Waals surface area (Å²) in [5.41, 5.74) is 2.31. The van der Waals surface area contributed by atoms with Gasteiger partial charge in [0, 0.05) is 36.8 Å². The highest BCUT2D eigenvalue weighted by Gasteiger charge is 2.47. The van der Waals surface area contributed by atoms with Gasteiger partial charge in [0.2, 0.25) is 5.91 Å². The van der Waals surface area contributed by atoms with E-state index in [1.807, 2.05) is 24.3 Å². The lowest BCUT2D eigenvalue weighted by molar-refractivity contribution is -0.133. The number of carbonyl (C=O) groups is 1. The number of ether oxygens (including phenoxy) is 1. The Morgan fingerprint density at radius 3 is 3.00 bits per heavy atom. The lowest BCUT2D eigenvalue weighted by Gasteiger charge is -2.32. The molecule has 0 radical (unpaired) electrons. The number of nitrogens with one attached hydrogen (secondary N) is 1. The fraction of sp³-hybridized carbons (Fsp3) is 0.474. The maximum absolute atomic E-state index is 12.9. The van der Waals surface area contributed by atoms with Crippen molar-refractivity contribution in [3.05, 3.63) is 47.8 Å². The lowest BCUT2D eigenvalue weighted by atomic mass is 9.94. The highest BCUT2D eigenvalue weighted by molar-refractivity contribution is 5.83. The summed E-state index contributed by atoms with van der Waals surface area (Å²) >= 11 is 0. The predicted molar refractivity (Wildman–Crippen MR) is 91.0 cm³/mol. The van der Waals surface area contributed by atoms with Crippen LogP contribution in [0.5, 0.6) is 5.75 Å². The van der Waals surface area contributed by atoms with E-state index in [4.69, 9.17) is 4.74 Å². The molecule has 1 aromatic heterocycles. The normalized spacial score (nSPS) is 26.2. The zero-order valence-electron chi connectivity index (χ0n) is 13.9. The van der Waals surface area contributed by atoms with Gasteiger partial charge in [0.1, 0.15) is 5.75 Å². The monoisotopic (exact) mass is 325 g/mol. The van der Waals surface area contributed by atoms with Crippen molar-refractivity contribution in [2.24, 2.45) is 5.92 Å². The van der Waals surface area contributed by atoms with Gasteiger partial charge in [-0.1, -0.05) is 18.2 Å². The van der Waals surface area contributed by atoms with E-state index in [1.165, 1.54) is 5.56 Å². The van der Waals surface area contributed by atoms with Crippen molar-refractivity contribution in [2.45, 2.75) is 31.1 Å². The molecule has 0 unspecified atom stereocenters. The van der Waals surface area contributed by atoms with Gasteiger partial charge >= 0.3 is 0 Å². The number of likely N-dealkylation sites (tertiary alicyclic amines) is 1. The topological polar surface area (TPSA) is 58.2 Å². The van der Waals surface area contributed by atoms with E-state index in [0.717, 1.165) is 43.8 Å². The van der Waals surface area contributed by atoms with Gasteiger partial charge in [0.25, 0.3) is 0 Å². The van der Waals surface area contributed by atoms with E-state index in [9.17, 15) is 4.79 Å². The molecule has 0 bridgehead atoms. The smallest absolute Gasteiger partial charge is 0.226 e. The van der Waals surface area contributed by atoms with Crippen molar-refractivity contribution in [2.75, 3.05) is 20.2 Å². The number of para-hydroxylation sites is 1. The summed E-state index contributed by atoms with van der Waals surface area (Å²) in [6.45, 7) is 1.68. The molecule has 3 atom stereocenters. The molecule has 1 aliphatic carbocycles. The SMILES string of the molecule is COc1ccccc1[C@@H]1C[C@@H]1C(=O)N1CCC[C@@H](c2ccn[nH]2)C1. The minimum atomic E-state index is 0.113. The molecule has 1 saturated carbocycles. The van der Waals surface area contributed by atoms with Crippen molar-refractivity contribution in [3.63, 3.8) is 0 Å². The van der Waals surface area contributed by atoms with Crippen LogP contribution >= 0.6 is 0 Å². The minimum Gasteiger partial charge on any atom is -0.496 e. The fourth-order valence-corrected chi connectivity index (χ4v) is 3.94. The van der Waals surface area contributed by atoms with Crippen molar-refractivity contribution in [3.8, 4) is 5.75 Å². The number of aromatic amines is 1. The first-order valence-electron chi connectivity index (χ1n) is 8.69. The number of benzene rings is 1. The number of hydrogen-bond acceptors (Lipinski definition) is 3. The summed E-state index contributed by atoms with van der Waals surface area (Å²) in [5, 5.41) is 7.10. The van der Waals surface area contributed by atoms with E-state index < -0.39 is 0 Å². The number of carbonyl (C=O) groups excluding carboxylic acids is 1. The van der Waals surface area contributed by atoms with Gasteiger partial charge in [0.15, 0.2) is 0 Å². The summed E-state index contributed by atoms with van der Waals surface area (Å²) in [7, 11) is 1.69. The van der Waals surface area contributed by atoms with Crippen LogP contribution in [0.15, 0.2) is 36.5 Å². The van der Waals surface area contributed by atoms with Gasteiger partial charge in [0.05, 0.1) is 7.11 Å². The Labute approximate surface area is 142 Å². The number of methoxy groups -OCH3 is 1. The second-order valence-corrected chi connectivity index (χ2v) is 6.83. The van der Waals surface area contributed by atoms with Crippen LogP contribution in [0.25, 0.3) is 0 Å². The van der Waals surface area contributed by atoms with Gasteiger partial charge in [-0.3, -0.25) is 9.89 Å². The molecule has 24 heavy (non-hydrogen) atoms. The van der Waals surface area contributed by atoms with Crippen LogP contribution in [-0.2, 0) is 4.79 Å². The van der Waals surface area contributed by atoms with Crippen LogP contribution in [0.1, 0.15) is 42.4 Å². The van der Waals surface area contributed by atoms with E-state index in [1.54, 1.807) is 13.3 Å². The third kappa shape index (κ3) is 2.79. The van der Waals surface area contributed by atoms with Gasteiger partial charge in [-0.15, -0.1) is 0 Å². The average molecular weight is 325 g/mol. The number of hydrogen-bond donors (Lipinski definition) is 1. The van der Waals surface area contributed by atoms with Gasteiger partial charge in [-0.2, -0.15) is 5.10 Å². The Balaban J connectivity index is 1.43. The molecule has 1 aliphatic heterocycles. The Bertz CT molecular complexity index is 713. The molecule has 2 aliphatic rings. The highest BCUT2D eigenvalue weighted by atomic mass is 16.5. The number of rotatable bonds is 4. The minimum absolute atomic E-state index is 0.113. The molecule has 5 nitrogen and oxygen atoms in total. The average Bonchev–Trinajstić information content (AvgIpc) is 3.24. The zero-order valence-corrected chi connectivity index (χ0v) is 13.9. The van der Waals surface area contributed by atoms with E-state index in [0.29, 0.717) is 17.7 Å². The third-order valence-corrected chi connectivity index (χ3v) is 5.34. The Kier molecular flexibility index (Phi) is 4.00. The molecule has 1 aromatic carbocycles. The molecule has 4 rings (SSSR count). The van der Waals surface area contributed by atoms with Gasteiger partial charge in [-0.05, 0) is 42.9 Å². The molecule has 1 N–H and O–H groups in total. The number of piperidine rings is 1. The number of amides is 1. The summed E-state index contributed by atoms with van der Waals surface area (Å²) in [6, 6.07) is 10.1. The largest absolute Gasteiger partial charge is 0.496 e. The van der Waals surface area contributed by atoms with E-state index in [2.05, 4.69) is 21.2 Å². The molecular weight excluding hydrogens is 302 g/mol. The lowest BCUT2D eigenvalue weighted by Crippen LogP contribution is -2.40. The van der Waals surface area contributed by atoms with Crippen molar-refractivity contribution < 1.29 is 9.53 Å². The second-order valence-electron chi connectivity index (χ2n) is 6.83. The van der Waals surface area contributed by atoms with Crippen LogP contribution < -0.4 is 4.74 Å². The van der Waals surface area contributed by atoms with Crippen LogP contribution in [0, 0.1) is 5.92 Å². The summed E-state index contributed by atoms with van der Waals surface area (Å²) in [4.78, 5) is 15.0. The first-order chi connectivity index (χ1) is 11.8. The zero-order chi connectivity index (χ0) is 16.5. The Morgan fingerprint density at radius 2 is 2.21 bits per heavy atom. The standard InChI is InChI=1S/C19H23N3O2/c1-24-18-7-3-2-6-14(18)15-11-16(15)19(23)22-10-4-5-13(12-22)17-8-9-20-21-17/h2-3,6-9,13,15-16H,4-5,10-12H2,1H3,(H,20,21)/t13-,15+,16+/m1/s1. The summed E-state index contributed by atoms with van der Waals surface area (Å²) < 4.78 is 5.45. The molecule has 1 amide bonds. The molecule has 126 valence electrons. The van der Waals surface area contributed by atoms with E-state index in [-0.39, 0.29) is 5.92 Å². The first-order valence-corrected chi connectivity index (χ1v) is 8.69. The Morgan fingerprint density at radius 1 is 1.33 bits per heavy atom. The molecule has 2 aromatic rings. The molecule has 2 fully saturated rings. The first kappa shape index (κ1) is 15.2. The van der Waals surface area contributed by atoms with Crippen LogP contribution in [0.3, 0.4) is 0 Å². The Hall–Kier alpha value is -2.30. The van der Waals surface area contributed by atoms with Crippen LogP contribution in [0.2, 0.25) is 0 Å². The van der Waals surface area contributed by atoms with Crippen molar-refractivity contribution >= 4 is 5.91 Å². The van der Waals surface area contributed by atoms with Crippen LogP contribution in [-0.4, -0.2) is 41.2 Å². The molecular formula is C19H23N3O2. The number of H-pyrrole nitrogens is 1. The maximum Gasteiger partial charge on any atom is 0.226 e. The summed E-state index contributed by atoms with van der Waals surface area (Å²) in [5.74, 6) is 2.00. The van der Waals surface area contributed by atoms with Crippen molar-refractivity contribution in [1.29, 1.82) is 0 Å². The maximum atomic E-state index is 12.9. The highest BCUT2D eigenvalue weighted by Crippen LogP contribution is 2.51. The molecule has 2 heterocycles. The third-order valence-electron chi connectivity index (χ3n) is 5.34. The fourth-order valence-electron chi connectivity index (χ4n) is 3.94. The predicted octanol–water partition coefficient (Wildman–Crippen LogP) is 2.93. The number of aromatic nitrogens is 2. The molecule has 1 saturated heterocycles. The van der Waals surface area contributed by atoms with Crippen LogP contribution in [0.4, 0.5) is 0 Å². The van der Waals surface area contributed by atoms with Gasteiger partial charge in [-0.25, -0.2) is 0 Å². The van der Waals surface area contributed by atoms with Crippen molar-refractivity contribution in [1.82, 2.24) is 15.1 Å². The molecule has 5 heteroatoms. The second kappa shape index (κ2) is 6.30. The summed E-state index contributed by atoms with van der Waals surface area (Å²) in [6.07, 6.45) is 4.90. The van der Waals surface area contributed by atoms with Gasteiger partial charge < -0.3 is 9.64 Å². The number of nitrogens with zero attached hydrogens (tertiary/aromatic N) is 2. The quantitative estimate of drug-likeness (QED) is 0.940. The molecule has 0 spiro atoms. The van der Waals surface area contributed by atoms with E-state index >= 15 is 0 Å².